The quantitative estimate of drug-likeness (QED) is 0.685. The monoisotopic (exact) mass is 372 g/mol. The van der Waals surface area contributed by atoms with Gasteiger partial charge in [0.25, 0.3) is 5.91 Å². The Morgan fingerprint density at radius 1 is 1.19 bits per heavy atom. The minimum absolute atomic E-state index is 0.254. The lowest BCUT2D eigenvalue weighted by Gasteiger charge is -2.07. The largest absolute Gasteiger partial charge is 0.494 e. The van der Waals surface area contributed by atoms with Crippen molar-refractivity contribution in [2.45, 2.75) is 33.6 Å². The predicted molar refractivity (Wildman–Crippen MR) is 99.1 cm³/mol. The molecule has 3 rings (SSSR count). The van der Waals surface area contributed by atoms with E-state index in [0.717, 1.165) is 29.3 Å². The molecule has 26 heavy (non-hydrogen) atoms. The molecule has 8 nitrogen and oxygen atoms in total. The van der Waals surface area contributed by atoms with E-state index in [0.29, 0.717) is 17.4 Å². The van der Waals surface area contributed by atoms with E-state index < -0.39 is 0 Å². The molecule has 0 fully saturated rings. The average Bonchev–Trinajstić information content (AvgIpc) is 3.26. The zero-order valence-electron chi connectivity index (χ0n) is 14.9. The lowest BCUT2D eigenvalue weighted by atomic mass is 10.2. The molecule has 0 atom stereocenters. The van der Waals surface area contributed by atoms with E-state index in [1.54, 1.807) is 11.6 Å². The molecule has 1 N–H and O–H groups in total. The Morgan fingerprint density at radius 3 is 2.62 bits per heavy atom. The number of carbonyl (C=O) groups excluding carboxylic acids is 1. The number of aryl methyl sites for hydroxylation is 1. The minimum atomic E-state index is -0.351. The summed E-state index contributed by atoms with van der Waals surface area (Å²) in [5.41, 5.74) is 1.71. The Kier molecular flexibility index (Phi) is 5.57. The number of benzene rings is 1. The molecule has 0 aliphatic rings. The van der Waals surface area contributed by atoms with Crippen LogP contribution in [0.25, 0.3) is 5.69 Å². The van der Waals surface area contributed by atoms with E-state index >= 15 is 0 Å². The summed E-state index contributed by atoms with van der Waals surface area (Å²) in [6.45, 7) is 6.52. The van der Waals surface area contributed by atoms with Gasteiger partial charge >= 0.3 is 0 Å². The van der Waals surface area contributed by atoms with Crippen LogP contribution in [-0.2, 0) is 6.42 Å². The van der Waals surface area contributed by atoms with Gasteiger partial charge in [0, 0.05) is 0 Å². The highest BCUT2D eigenvalue weighted by Gasteiger charge is 2.19. The fourth-order valence-electron chi connectivity index (χ4n) is 2.29. The molecule has 0 spiro atoms. The van der Waals surface area contributed by atoms with E-state index in [1.165, 1.54) is 11.3 Å². The zero-order valence-corrected chi connectivity index (χ0v) is 15.7. The second-order valence-electron chi connectivity index (χ2n) is 5.59. The van der Waals surface area contributed by atoms with Crippen LogP contribution in [0.2, 0.25) is 0 Å². The Labute approximate surface area is 155 Å². The second-order valence-corrected chi connectivity index (χ2v) is 6.65. The highest BCUT2D eigenvalue weighted by Crippen LogP contribution is 2.19. The smallest absolute Gasteiger partial charge is 0.279 e. The lowest BCUT2D eigenvalue weighted by Crippen LogP contribution is -2.14. The molecule has 3 aromatic rings. The second kappa shape index (κ2) is 8.05. The van der Waals surface area contributed by atoms with Crippen molar-refractivity contribution in [3.8, 4) is 11.4 Å². The van der Waals surface area contributed by atoms with E-state index in [9.17, 15) is 4.79 Å². The molecule has 0 aliphatic heterocycles. The van der Waals surface area contributed by atoms with Crippen molar-refractivity contribution < 1.29 is 9.53 Å². The maximum absolute atomic E-state index is 12.4. The molecule has 0 unspecified atom stereocenters. The number of hydrogen-bond donors (Lipinski definition) is 1. The van der Waals surface area contributed by atoms with Crippen LogP contribution in [-0.4, -0.2) is 37.7 Å². The third-order valence-electron chi connectivity index (χ3n) is 3.65. The van der Waals surface area contributed by atoms with Crippen molar-refractivity contribution in [2.75, 3.05) is 11.9 Å². The summed E-state index contributed by atoms with van der Waals surface area (Å²) in [6, 6.07) is 7.51. The van der Waals surface area contributed by atoms with Crippen LogP contribution < -0.4 is 10.1 Å². The van der Waals surface area contributed by atoms with E-state index in [1.807, 2.05) is 31.2 Å². The van der Waals surface area contributed by atoms with Crippen molar-refractivity contribution in [2.24, 2.45) is 0 Å². The summed E-state index contributed by atoms with van der Waals surface area (Å²) < 4.78 is 7.20. The Bertz CT molecular complexity index is 887. The molecular weight excluding hydrogens is 352 g/mol. The van der Waals surface area contributed by atoms with E-state index in [2.05, 4.69) is 32.7 Å². The Morgan fingerprint density at radius 2 is 1.96 bits per heavy atom. The van der Waals surface area contributed by atoms with Crippen LogP contribution >= 0.6 is 11.3 Å². The number of amides is 1. The summed E-state index contributed by atoms with van der Waals surface area (Å²) in [6.07, 6.45) is 1.73. The third-order valence-corrected chi connectivity index (χ3v) is 4.64. The number of nitrogens with zero attached hydrogens (tertiary/aromatic N) is 5. The summed E-state index contributed by atoms with van der Waals surface area (Å²) in [4.78, 5) is 12.4. The van der Waals surface area contributed by atoms with Crippen molar-refractivity contribution in [3.05, 3.63) is 40.7 Å². The fourth-order valence-corrected chi connectivity index (χ4v) is 2.97. The molecule has 0 saturated carbocycles. The van der Waals surface area contributed by atoms with Gasteiger partial charge in [0.05, 0.1) is 18.0 Å². The van der Waals surface area contributed by atoms with Crippen molar-refractivity contribution >= 4 is 22.4 Å². The molecular formula is C17H20N6O2S. The molecule has 2 aromatic heterocycles. The first-order valence-corrected chi connectivity index (χ1v) is 9.23. The number of anilines is 1. The van der Waals surface area contributed by atoms with Crippen molar-refractivity contribution in [1.29, 1.82) is 0 Å². The van der Waals surface area contributed by atoms with Crippen molar-refractivity contribution in [1.82, 2.24) is 25.2 Å². The standard InChI is InChI=1S/C17H20N6O2S/c1-4-10-25-13-8-6-12(7-9-13)23-11(3)15(20-22-23)16(24)18-17-21-19-14(5-2)26-17/h6-9H,4-5,10H2,1-3H3,(H,18,21,24). The molecule has 2 heterocycles. The third kappa shape index (κ3) is 3.88. The van der Waals surface area contributed by atoms with Gasteiger partial charge in [-0.15, -0.1) is 15.3 Å². The van der Waals surface area contributed by atoms with Crippen molar-refractivity contribution in [3.63, 3.8) is 0 Å². The normalized spacial score (nSPS) is 10.7. The van der Waals surface area contributed by atoms with Crippen LogP contribution in [0, 0.1) is 6.92 Å². The molecule has 0 saturated heterocycles. The molecule has 1 aromatic carbocycles. The molecule has 9 heteroatoms. The van der Waals surface area contributed by atoms with Gasteiger partial charge in [-0.2, -0.15) is 0 Å². The van der Waals surface area contributed by atoms with Gasteiger partial charge in [0.1, 0.15) is 10.8 Å². The average molecular weight is 372 g/mol. The van der Waals surface area contributed by atoms with Crippen LogP contribution in [0.5, 0.6) is 5.75 Å². The summed E-state index contributed by atoms with van der Waals surface area (Å²) >= 11 is 1.35. The minimum Gasteiger partial charge on any atom is -0.494 e. The number of carbonyl (C=O) groups is 1. The van der Waals surface area contributed by atoms with Gasteiger partial charge in [-0.05, 0) is 44.0 Å². The maximum Gasteiger partial charge on any atom is 0.279 e. The highest BCUT2D eigenvalue weighted by atomic mass is 32.1. The molecule has 1 amide bonds. The first kappa shape index (κ1) is 18.0. The molecule has 0 aliphatic carbocycles. The fraction of sp³-hybridized carbons (Fsp3) is 0.353. The molecule has 0 bridgehead atoms. The van der Waals surface area contributed by atoms with Gasteiger partial charge in [0.15, 0.2) is 5.69 Å². The van der Waals surface area contributed by atoms with Crippen LogP contribution in [0.4, 0.5) is 5.13 Å². The zero-order chi connectivity index (χ0) is 18.5. The van der Waals surface area contributed by atoms with Gasteiger partial charge < -0.3 is 4.74 Å². The summed E-state index contributed by atoms with van der Waals surface area (Å²) in [5, 5.41) is 20.1. The topological polar surface area (TPSA) is 94.8 Å². The first-order chi connectivity index (χ1) is 12.6. The molecule has 0 radical (unpaired) electrons. The summed E-state index contributed by atoms with van der Waals surface area (Å²) in [7, 11) is 0. The predicted octanol–water partition coefficient (Wildman–Crippen LogP) is 3.03. The number of ether oxygens (including phenoxy) is 1. The van der Waals surface area contributed by atoms with Crippen LogP contribution in [0.1, 0.15) is 41.5 Å². The maximum atomic E-state index is 12.4. The van der Waals surface area contributed by atoms with E-state index in [4.69, 9.17) is 4.74 Å². The number of nitrogens with one attached hydrogen (secondary N) is 1. The number of hydrogen-bond acceptors (Lipinski definition) is 7. The number of rotatable bonds is 7. The Balaban J connectivity index is 1.75. The van der Waals surface area contributed by atoms with E-state index in [-0.39, 0.29) is 11.6 Å². The first-order valence-electron chi connectivity index (χ1n) is 8.41. The van der Waals surface area contributed by atoms with Gasteiger partial charge in [0.2, 0.25) is 5.13 Å². The van der Waals surface area contributed by atoms with Crippen LogP contribution in [0.15, 0.2) is 24.3 Å². The molecule has 136 valence electrons. The lowest BCUT2D eigenvalue weighted by molar-refractivity contribution is 0.102. The summed E-state index contributed by atoms with van der Waals surface area (Å²) in [5.74, 6) is 0.449. The SMILES string of the molecule is CCCOc1ccc(-n2nnc(C(=O)Nc3nnc(CC)s3)c2C)cc1. The number of aromatic nitrogens is 5. The highest BCUT2D eigenvalue weighted by molar-refractivity contribution is 7.15. The van der Waals surface area contributed by atoms with Gasteiger partial charge in [-0.1, -0.05) is 30.4 Å². The van der Waals surface area contributed by atoms with Gasteiger partial charge in [-0.3, -0.25) is 10.1 Å². The van der Waals surface area contributed by atoms with Gasteiger partial charge in [-0.25, -0.2) is 4.68 Å². The van der Waals surface area contributed by atoms with Crippen LogP contribution in [0.3, 0.4) is 0 Å². The Hall–Kier alpha value is -2.81.